The normalized spacial score (nSPS) is 12.4. The summed E-state index contributed by atoms with van der Waals surface area (Å²) < 4.78 is 42.5. The average Bonchev–Trinajstić information content (AvgIpc) is 2.16. The van der Waals surface area contributed by atoms with Crippen LogP contribution in [-0.2, 0) is 0 Å². The summed E-state index contributed by atoms with van der Waals surface area (Å²) in [6.45, 7) is 4.33. The van der Waals surface area contributed by atoms with Crippen molar-refractivity contribution in [3.05, 3.63) is 12.1 Å². The highest BCUT2D eigenvalue weighted by atomic mass is 19.4. The molecule has 0 unspecified atom stereocenters. The lowest BCUT2D eigenvalue weighted by Gasteiger charge is -2.24. The third-order valence-corrected chi connectivity index (χ3v) is 2.09. The van der Waals surface area contributed by atoms with Crippen LogP contribution in [0.1, 0.15) is 20.8 Å². The standard InChI is InChI=1S/C12H18F3N3O/c1-11(2,3)19-10-8(16)5-6-9(17-10)18(4)7-12(13,14)15/h5-6H,7,16H2,1-4H3. The monoisotopic (exact) mass is 277 g/mol. The number of alkyl halides is 3. The van der Waals surface area contributed by atoms with Gasteiger partial charge in [-0.25, -0.2) is 0 Å². The van der Waals surface area contributed by atoms with Gasteiger partial charge in [0.25, 0.3) is 0 Å². The van der Waals surface area contributed by atoms with Crippen molar-refractivity contribution in [3.63, 3.8) is 0 Å². The lowest BCUT2D eigenvalue weighted by atomic mass is 10.2. The molecule has 0 atom stereocenters. The summed E-state index contributed by atoms with van der Waals surface area (Å²) in [6.07, 6.45) is -4.29. The van der Waals surface area contributed by atoms with Gasteiger partial charge < -0.3 is 15.4 Å². The molecule has 2 N–H and O–H groups in total. The zero-order valence-corrected chi connectivity index (χ0v) is 11.4. The van der Waals surface area contributed by atoms with E-state index in [1.165, 1.54) is 19.2 Å². The molecule has 108 valence electrons. The van der Waals surface area contributed by atoms with Crippen LogP contribution in [0, 0.1) is 0 Å². The van der Waals surface area contributed by atoms with Crippen molar-refractivity contribution in [1.29, 1.82) is 0 Å². The van der Waals surface area contributed by atoms with Gasteiger partial charge in [-0.1, -0.05) is 0 Å². The van der Waals surface area contributed by atoms with E-state index < -0.39 is 18.3 Å². The van der Waals surface area contributed by atoms with E-state index in [0.717, 1.165) is 4.90 Å². The predicted molar refractivity (Wildman–Crippen MR) is 68.4 cm³/mol. The maximum atomic E-state index is 12.3. The lowest BCUT2D eigenvalue weighted by Crippen LogP contribution is -2.31. The number of halogens is 3. The SMILES string of the molecule is CN(CC(F)(F)F)c1ccc(N)c(OC(C)(C)C)n1. The molecule has 0 saturated heterocycles. The molecule has 0 aliphatic carbocycles. The minimum absolute atomic E-state index is 0.138. The quantitative estimate of drug-likeness (QED) is 0.923. The Morgan fingerprint density at radius 1 is 1.26 bits per heavy atom. The molecular weight excluding hydrogens is 259 g/mol. The Morgan fingerprint density at radius 2 is 1.84 bits per heavy atom. The Morgan fingerprint density at radius 3 is 2.32 bits per heavy atom. The van der Waals surface area contributed by atoms with Crippen LogP contribution in [0.4, 0.5) is 24.7 Å². The maximum absolute atomic E-state index is 12.3. The smallest absolute Gasteiger partial charge is 0.405 e. The number of nitrogen functional groups attached to an aromatic ring is 1. The molecule has 0 aromatic carbocycles. The number of nitrogens with zero attached hydrogens (tertiary/aromatic N) is 2. The number of aromatic nitrogens is 1. The van der Waals surface area contributed by atoms with E-state index in [4.69, 9.17) is 10.5 Å². The maximum Gasteiger partial charge on any atom is 0.405 e. The summed E-state index contributed by atoms with van der Waals surface area (Å²) in [5.74, 6) is 0.296. The second-order valence-corrected chi connectivity index (χ2v) is 5.25. The number of ether oxygens (including phenoxy) is 1. The first-order valence-electron chi connectivity index (χ1n) is 5.71. The Labute approximate surface area is 110 Å². The second kappa shape index (κ2) is 5.14. The highest BCUT2D eigenvalue weighted by Crippen LogP contribution is 2.27. The Hall–Kier alpha value is -1.66. The summed E-state index contributed by atoms with van der Waals surface area (Å²) in [5, 5.41) is 0. The molecule has 1 aromatic heterocycles. The predicted octanol–water partition coefficient (Wildman–Crippen LogP) is 2.84. The van der Waals surface area contributed by atoms with Crippen molar-refractivity contribution < 1.29 is 17.9 Å². The first kappa shape index (κ1) is 15.4. The molecule has 4 nitrogen and oxygen atoms in total. The van der Waals surface area contributed by atoms with Gasteiger partial charge in [-0.3, -0.25) is 0 Å². The average molecular weight is 277 g/mol. The number of hydrogen-bond donors (Lipinski definition) is 1. The number of pyridine rings is 1. The Balaban J connectivity index is 2.96. The number of nitrogens with two attached hydrogens (primary N) is 1. The van der Waals surface area contributed by atoms with Crippen molar-refractivity contribution in [1.82, 2.24) is 4.98 Å². The topological polar surface area (TPSA) is 51.4 Å². The molecule has 0 spiro atoms. The molecule has 0 amide bonds. The molecule has 1 aromatic rings. The molecule has 0 fully saturated rings. The molecule has 19 heavy (non-hydrogen) atoms. The highest BCUT2D eigenvalue weighted by Gasteiger charge is 2.30. The fourth-order valence-corrected chi connectivity index (χ4v) is 1.38. The van der Waals surface area contributed by atoms with Gasteiger partial charge in [0.1, 0.15) is 18.0 Å². The van der Waals surface area contributed by atoms with Crippen molar-refractivity contribution in [3.8, 4) is 5.88 Å². The third-order valence-electron chi connectivity index (χ3n) is 2.09. The van der Waals surface area contributed by atoms with Crippen molar-refractivity contribution in [2.24, 2.45) is 0 Å². The van der Waals surface area contributed by atoms with Crippen LogP contribution in [0.2, 0.25) is 0 Å². The molecule has 0 aliphatic rings. The van der Waals surface area contributed by atoms with Gasteiger partial charge >= 0.3 is 6.18 Å². The fourth-order valence-electron chi connectivity index (χ4n) is 1.38. The lowest BCUT2D eigenvalue weighted by molar-refractivity contribution is -0.119. The van der Waals surface area contributed by atoms with Crippen LogP contribution in [0.3, 0.4) is 0 Å². The van der Waals surface area contributed by atoms with Crippen LogP contribution in [-0.4, -0.2) is 30.4 Å². The van der Waals surface area contributed by atoms with Gasteiger partial charge in [-0.2, -0.15) is 18.2 Å². The second-order valence-electron chi connectivity index (χ2n) is 5.25. The molecule has 0 bridgehead atoms. The van der Waals surface area contributed by atoms with Crippen molar-refractivity contribution in [2.45, 2.75) is 32.5 Å². The molecule has 0 radical (unpaired) electrons. The van der Waals surface area contributed by atoms with E-state index in [1.807, 2.05) is 0 Å². The van der Waals surface area contributed by atoms with Gasteiger partial charge in [0.15, 0.2) is 0 Å². The van der Waals surface area contributed by atoms with Crippen LogP contribution in [0.5, 0.6) is 5.88 Å². The number of rotatable bonds is 3. The van der Waals surface area contributed by atoms with Gasteiger partial charge in [0.05, 0.1) is 5.69 Å². The minimum Gasteiger partial charge on any atom is -0.470 e. The van der Waals surface area contributed by atoms with Gasteiger partial charge in [0, 0.05) is 7.05 Å². The van der Waals surface area contributed by atoms with Crippen molar-refractivity contribution in [2.75, 3.05) is 24.2 Å². The van der Waals surface area contributed by atoms with Gasteiger partial charge in [-0.15, -0.1) is 0 Å². The largest absolute Gasteiger partial charge is 0.470 e. The third kappa shape index (κ3) is 5.23. The molecule has 0 aliphatic heterocycles. The number of hydrogen-bond acceptors (Lipinski definition) is 4. The number of anilines is 2. The first-order valence-corrected chi connectivity index (χ1v) is 5.71. The van der Waals surface area contributed by atoms with E-state index in [-0.39, 0.29) is 11.7 Å². The Bertz CT molecular complexity index is 441. The van der Waals surface area contributed by atoms with E-state index in [1.54, 1.807) is 20.8 Å². The molecule has 0 saturated carbocycles. The zero-order chi connectivity index (χ0) is 14.8. The van der Waals surface area contributed by atoms with Gasteiger partial charge in [0.2, 0.25) is 5.88 Å². The van der Waals surface area contributed by atoms with E-state index in [9.17, 15) is 13.2 Å². The van der Waals surface area contributed by atoms with Crippen LogP contribution in [0.25, 0.3) is 0 Å². The molecule has 7 heteroatoms. The van der Waals surface area contributed by atoms with Crippen LogP contribution >= 0.6 is 0 Å². The molecule has 1 rings (SSSR count). The summed E-state index contributed by atoms with van der Waals surface area (Å²) in [5.41, 5.74) is 5.46. The van der Waals surface area contributed by atoms with Crippen LogP contribution in [0.15, 0.2) is 12.1 Å². The van der Waals surface area contributed by atoms with Crippen molar-refractivity contribution >= 4 is 11.5 Å². The molecule has 1 heterocycles. The first-order chi connectivity index (χ1) is 8.48. The van der Waals surface area contributed by atoms with Crippen LogP contribution < -0.4 is 15.4 Å². The summed E-state index contributed by atoms with van der Waals surface area (Å²) in [4.78, 5) is 5.02. The highest BCUT2D eigenvalue weighted by molar-refractivity contribution is 5.54. The van der Waals surface area contributed by atoms with E-state index in [2.05, 4.69) is 4.98 Å². The molecular formula is C12H18F3N3O. The summed E-state index contributed by atoms with van der Waals surface area (Å²) in [6, 6.07) is 2.91. The van der Waals surface area contributed by atoms with Gasteiger partial charge in [-0.05, 0) is 32.9 Å². The van der Waals surface area contributed by atoms with E-state index in [0.29, 0.717) is 5.69 Å². The minimum atomic E-state index is -4.29. The summed E-state index contributed by atoms with van der Waals surface area (Å²) in [7, 11) is 1.31. The Kier molecular flexibility index (Phi) is 4.17. The van der Waals surface area contributed by atoms with E-state index >= 15 is 0 Å². The zero-order valence-electron chi connectivity index (χ0n) is 11.4. The fraction of sp³-hybridized carbons (Fsp3) is 0.583. The summed E-state index contributed by atoms with van der Waals surface area (Å²) >= 11 is 0.